The van der Waals surface area contributed by atoms with E-state index >= 15 is 0 Å². The van der Waals surface area contributed by atoms with Crippen LogP contribution in [-0.2, 0) is 10.5 Å². The highest BCUT2D eigenvalue weighted by atomic mass is 32.2. The summed E-state index contributed by atoms with van der Waals surface area (Å²) in [7, 11) is 1.62. The number of hydrogen-bond acceptors (Lipinski definition) is 6. The number of thioether (sulfide) groups is 1. The number of aryl methyl sites for hydroxylation is 1. The molecular weight excluding hydrogens is 378 g/mol. The number of aromatic nitrogens is 2. The van der Waals surface area contributed by atoms with E-state index in [1.165, 1.54) is 28.5 Å². The first kappa shape index (κ1) is 19.1. The number of ether oxygens (including phenoxy) is 1. The molecule has 0 aliphatic carbocycles. The fourth-order valence-electron chi connectivity index (χ4n) is 2.30. The lowest BCUT2D eigenvalue weighted by atomic mass is 10.2. The van der Waals surface area contributed by atoms with Crippen LogP contribution < -0.4 is 10.1 Å². The molecule has 0 saturated heterocycles. The van der Waals surface area contributed by atoms with Crippen LogP contribution in [-0.4, -0.2) is 23.2 Å². The van der Waals surface area contributed by atoms with E-state index in [9.17, 15) is 4.79 Å². The van der Waals surface area contributed by atoms with Gasteiger partial charge in [-0.25, -0.2) is 0 Å². The summed E-state index contributed by atoms with van der Waals surface area (Å²) in [5, 5.41) is 11.4. The van der Waals surface area contributed by atoms with Crippen molar-refractivity contribution in [2.75, 3.05) is 12.4 Å². The molecule has 0 unspecified atom stereocenters. The average Bonchev–Trinajstić information content (AvgIpc) is 3.12. The van der Waals surface area contributed by atoms with Crippen LogP contribution in [0.5, 0.6) is 5.75 Å². The van der Waals surface area contributed by atoms with E-state index in [0.717, 1.165) is 21.4 Å². The molecule has 1 heterocycles. The maximum Gasteiger partial charge on any atom is 0.250 e. The molecule has 0 aliphatic rings. The van der Waals surface area contributed by atoms with Gasteiger partial charge in [0, 0.05) is 11.8 Å². The lowest BCUT2D eigenvalue weighted by molar-refractivity contribution is -0.111. The summed E-state index contributed by atoms with van der Waals surface area (Å²) in [6.45, 7) is 2.08. The third-order valence-electron chi connectivity index (χ3n) is 3.62. The van der Waals surface area contributed by atoms with Crippen LogP contribution in [0.25, 0.3) is 6.08 Å². The van der Waals surface area contributed by atoms with E-state index < -0.39 is 0 Å². The van der Waals surface area contributed by atoms with Gasteiger partial charge in [-0.15, -0.1) is 10.2 Å². The van der Waals surface area contributed by atoms with Gasteiger partial charge in [0.2, 0.25) is 11.0 Å². The zero-order chi connectivity index (χ0) is 19.1. The summed E-state index contributed by atoms with van der Waals surface area (Å²) >= 11 is 2.98. The van der Waals surface area contributed by atoms with E-state index in [2.05, 4.69) is 40.6 Å². The first-order valence-electron chi connectivity index (χ1n) is 8.27. The summed E-state index contributed by atoms with van der Waals surface area (Å²) in [5.41, 5.74) is 3.39. The van der Waals surface area contributed by atoms with Crippen LogP contribution in [0.1, 0.15) is 16.7 Å². The van der Waals surface area contributed by atoms with Crippen molar-refractivity contribution in [3.8, 4) is 5.75 Å². The Morgan fingerprint density at radius 1 is 1.22 bits per heavy atom. The Morgan fingerprint density at radius 2 is 2.04 bits per heavy atom. The van der Waals surface area contributed by atoms with Crippen LogP contribution in [0.2, 0.25) is 0 Å². The predicted molar refractivity (Wildman–Crippen MR) is 111 cm³/mol. The zero-order valence-corrected chi connectivity index (χ0v) is 16.6. The molecule has 0 bridgehead atoms. The number of hydrogen-bond donors (Lipinski definition) is 1. The maximum atomic E-state index is 12.0. The smallest absolute Gasteiger partial charge is 0.250 e. The van der Waals surface area contributed by atoms with Gasteiger partial charge >= 0.3 is 0 Å². The Morgan fingerprint density at radius 3 is 2.78 bits per heavy atom. The number of nitrogens with one attached hydrogen (secondary N) is 1. The van der Waals surface area contributed by atoms with E-state index in [-0.39, 0.29) is 5.91 Å². The van der Waals surface area contributed by atoms with Gasteiger partial charge in [-0.05, 0) is 36.3 Å². The molecule has 5 nitrogen and oxygen atoms in total. The molecule has 3 aromatic rings. The number of amides is 1. The lowest BCUT2D eigenvalue weighted by Gasteiger charge is -2.00. The summed E-state index contributed by atoms with van der Waals surface area (Å²) in [6.07, 6.45) is 3.21. The highest BCUT2D eigenvalue weighted by Gasteiger charge is 2.07. The third-order valence-corrected chi connectivity index (χ3v) is 5.67. The minimum atomic E-state index is -0.239. The Labute approximate surface area is 166 Å². The van der Waals surface area contributed by atoms with E-state index in [1.54, 1.807) is 24.9 Å². The maximum absolute atomic E-state index is 12.0. The molecule has 0 fully saturated rings. The van der Waals surface area contributed by atoms with Gasteiger partial charge in [0.15, 0.2) is 4.34 Å². The van der Waals surface area contributed by atoms with Crippen LogP contribution in [0.15, 0.2) is 58.9 Å². The summed E-state index contributed by atoms with van der Waals surface area (Å²) in [5.74, 6) is 1.36. The average molecular weight is 398 g/mol. The Bertz CT molecular complexity index is 936. The topological polar surface area (TPSA) is 64.1 Å². The normalized spacial score (nSPS) is 10.9. The second kappa shape index (κ2) is 9.34. The van der Waals surface area contributed by atoms with Crippen molar-refractivity contribution in [3.63, 3.8) is 0 Å². The number of anilines is 1. The number of carbonyl (C=O) groups is 1. The molecule has 0 spiro atoms. The molecule has 7 heteroatoms. The second-order valence-corrected chi connectivity index (χ2v) is 7.95. The van der Waals surface area contributed by atoms with E-state index in [0.29, 0.717) is 5.13 Å². The summed E-state index contributed by atoms with van der Waals surface area (Å²) in [4.78, 5) is 12.0. The van der Waals surface area contributed by atoms with Gasteiger partial charge in [0.05, 0.1) is 7.11 Å². The Kier molecular flexibility index (Phi) is 6.62. The summed E-state index contributed by atoms with van der Waals surface area (Å²) < 4.78 is 5.94. The van der Waals surface area contributed by atoms with Crippen molar-refractivity contribution in [3.05, 3.63) is 71.3 Å². The highest BCUT2D eigenvalue weighted by Crippen LogP contribution is 2.28. The molecule has 1 N–H and O–H groups in total. The van der Waals surface area contributed by atoms with Crippen LogP contribution in [0.4, 0.5) is 5.13 Å². The number of methoxy groups -OCH3 is 1. The Balaban J connectivity index is 1.51. The van der Waals surface area contributed by atoms with Gasteiger partial charge in [0.25, 0.3) is 0 Å². The molecule has 0 saturated carbocycles. The molecule has 2 aromatic carbocycles. The number of benzene rings is 2. The fraction of sp³-hybridized carbons (Fsp3) is 0.150. The van der Waals surface area contributed by atoms with Crippen molar-refractivity contribution >= 4 is 40.2 Å². The zero-order valence-electron chi connectivity index (χ0n) is 15.0. The fourth-order valence-corrected chi connectivity index (χ4v) is 4.00. The van der Waals surface area contributed by atoms with Gasteiger partial charge in [-0.3, -0.25) is 10.1 Å². The van der Waals surface area contributed by atoms with Gasteiger partial charge in [-0.2, -0.15) is 0 Å². The van der Waals surface area contributed by atoms with E-state index in [4.69, 9.17) is 4.74 Å². The highest BCUT2D eigenvalue weighted by molar-refractivity contribution is 8.00. The lowest BCUT2D eigenvalue weighted by Crippen LogP contribution is -2.07. The van der Waals surface area contributed by atoms with Crippen molar-refractivity contribution in [2.45, 2.75) is 17.0 Å². The number of rotatable bonds is 7. The van der Waals surface area contributed by atoms with Crippen molar-refractivity contribution < 1.29 is 9.53 Å². The molecule has 0 atom stereocenters. The molecule has 138 valence electrons. The standard InChI is InChI=1S/C20H19N3O2S2/c1-14-4-3-5-16(12-14)13-26-20-23-22-19(27-20)21-18(24)11-8-15-6-9-17(25-2)10-7-15/h3-12H,13H2,1-2H3,(H,21,22,24)/b11-8+. The van der Waals surface area contributed by atoms with Gasteiger partial charge in [-0.1, -0.05) is 65.1 Å². The minimum absolute atomic E-state index is 0.239. The van der Waals surface area contributed by atoms with Gasteiger partial charge < -0.3 is 4.74 Å². The molecule has 1 amide bonds. The summed E-state index contributed by atoms with van der Waals surface area (Å²) in [6, 6.07) is 15.8. The van der Waals surface area contributed by atoms with E-state index in [1.807, 2.05) is 30.3 Å². The first-order valence-corrected chi connectivity index (χ1v) is 10.1. The van der Waals surface area contributed by atoms with Crippen molar-refractivity contribution in [2.24, 2.45) is 0 Å². The SMILES string of the molecule is COc1ccc(/C=C/C(=O)Nc2nnc(SCc3cccc(C)c3)s2)cc1. The monoisotopic (exact) mass is 397 g/mol. The predicted octanol–water partition coefficient (Wildman–Crippen LogP) is 4.80. The quantitative estimate of drug-likeness (QED) is 0.352. The molecule has 0 radical (unpaired) electrons. The van der Waals surface area contributed by atoms with Crippen LogP contribution in [0, 0.1) is 6.92 Å². The van der Waals surface area contributed by atoms with Crippen molar-refractivity contribution in [1.29, 1.82) is 0 Å². The number of carbonyl (C=O) groups excluding carboxylic acids is 1. The van der Waals surface area contributed by atoms with Crippen molar-refractivity contribution in [1.82, 2.24) is 10.2 Å². The second-order valence-electron chi connectivity index (χ2n) is 5.75. The number of nitrogens with zero attached hydrogens (tertiary/aromatic N) is 2. The third kappa shape index (κ3) is 5.94. The van der Waals surface area contributed by atoms with Crippen LogP contribution in [0.3, 0.4) is 0 Å². The molecular formula is C20H19N3O2S2. The molecule has 27 heavy (non-hydrogen) atoms. The largest absolute Gasteiger partial charge is 0.497 e. The molecule has 0 aliphatic heterocycles. The molecule has 1 aromatic heterocycles. The first-order chi connectivity index (χ1) is 13.1. The van der Waals surface area contributed by atoms with Gasteiger partial charge in [0.1, 0.15) is 5.75 Å². The Hall–Kier alpha value is -2.64. The van der Waals surface area contributed by atoms with Crippen LogP contribution >= 0.6 is 23.1 Å². The minimum Gasteiger partial charge on any atom is -0.497 e. The molecule has 3 rings (SSSR count).